The summed E-state index contributed by atoms with van der Waals surface area (Å²) in [7, 11) is 0. The molecule has 2 aromatic rings. The summed E-state index contributed by atoms with van der Waals surface area (Å²) in [6.45, 7) is 1.35. The lowest BCUT2D eigenvalue weighted by atomic mass is 10.2. The first-order valence-corrected chi connectivity index (χ1v) is 7.23. The molecule has 1 N–H and O–H groups in total. The van der Waals surface area contributed by atoms with Gasteiger partial charge in [-0.3, -0.25) is 14.6 Å². The van der Waals surface area contributed by atoms with Gasteiger partial charge in [-0.05, 0) is 43.2 Å². The van der Waals surface area contributed by atoms with Crippen LogP contribution in [0, 0.1) is 0 Å². The van der Waals surface area contributed by atoms with Crippen molar-refractivity contribution in [3.8, 4) is 5.69 Å². The molecule has 1 aliphatic rings. The van der Waals surface area contributed by atoms with Crippen LogP contribution in [0.2, 0.25) is 0 Å². The Balaban J connectivity index is 1.80. The largest absolute Gasteiger partial charge is 0.348 e. The van der Waals surface area contributed by atoms with Gasteiger partial charge in [0.05, 0.1) is 5.69 Å². The molecular formula is C16H17N3O3. The van der Waals surface area contributed by atoms with Crippen LogP contribution in [0.4, 0.5) is 10.5 Å². The van der Waals surface area contributed by atoms with Crippen molar-refractivity contribution in [3.05, 3.63) is 59.0 Å². The Kier molecular flexibility index (Phi) is 3.93. The van der Waals surface area contributed by atoms with Crippen molar-refractivity contribution in [2.24, 2.45) is 0 Å². The summed E-state index contributed by atoms with van der Waals surface area (Å²) in [5.41, 5.74) is 0.922. The fourth-order valence-electron chi connectivity index (χ4n) is 2.55. The number of carbonyl (C=O) groups excluding carboxylic acids is 1. The smallest absolute Gasteiger partial charge is 0.323 e. The van der Waals surface area contributed by atoms with Crippen molar-refractivity contribution in [3.63, 3.8) is 0 Å². The van der Waals surface area contributed by atoms with Gasteiger partial charge in [-0.25, -0.2) is 4.79 Å². The summed E-state index contributed by atoms with van der Waals surface area (Å²) < 4.78 is 1.49. The fourth-order valence-corrected chi connectivity index (χ4v) is 2.55. The van der Waals surface area contributed by atoms with Gasteiger partial charge in [-0.2, -0.15) is 5.06 Å². The maximum absolute atomic E-state index is 12.1. The molecule has 0 bridgehead atoms. The topological polar surface area (TPSA) is 65.8 Å². The number of urea groups is 1. The number of hydrogen-bond donors (Lipinski definition) is 1. The Bertz CT molecular complexity index is 718. The Morgan fingerprint density at radius 3 is 2.36 bits per heavy atom. The third-order valence-corrected chi connectivity index (χ3v) is 3.75. The van der Waals surface area contributed by atoms with Gasteiger partial charge in [0.25, 0.3) is 5.56 Å². The van der Waals surface area contributed by atoms with Crippen molar-refractivity contribution in [2.45, 2.75) is 12.8 Å². The number of nitrogens with zero attached hydrogens (tertiary/aromatic N) is 3. The maximum Gasteiger partial charge on any atom is 0.348 e. The van der Waals surface area contributed by atoms with Crippen LogP contribution >= 0.6 is 0 Å². The number of benzene rings is 1. The second-order valence-electron chi connectivity index (χ2n) is 5.21. The highest BCUT2D eigenvalue weighted by molar-refractivity contribution is 5.89. The molecule has 1 fully saturated rings. The van der Waals surface area contributed by atoms with E-state index in [1.807, 2.05) is 0 Å². The third kappa shape index (κ3) is 2.73. The molecule has 22 heavy (non-hydrogen) atoms. The molecule has 1 aromatic heterocycles. The molecule has 2 heterocycles. The minimum absolute atomic E-state index is 0.135. The van der Waals surface area contributed by atoms with Crippen LogP contribution in [0.1, 0.15) is 12.8 Å². The first kappa shape index (κ1) is 14.3. The standard InChI is InChI=1S/C16H17N3O3/c20-15-5-1-2-12-18(15)13-6-8-14(9-7-13)19(22)16(21)17-10-3-4-11-17/h1-2,5-9,12,22H,3-4,10-11H2. The van der Waals surface area contributed by atoms with Crippen molar-refractivity contribution in [1.82, 2.24) is 9.47 Å². The van der Waals surface area contributed by atoms with E-state index >= 15 is 0 Å². The first-order chi connectivity index (χ1) is 10.7. The van der Waals surface area contributed by atoms with Gasteiger partial charge in [0.1, 0.15) is 0 Å². The highest BCUT2D eigenvalue weighted by atomic mass is 16.5. The zero-order chi connectivity index (χ0) is 15.5. The van der Waals surface area contributed by atoms with E-state index in [2.05, 4.69) is 0 Å². The summed E-state index contributed by atoms with van der Waals surface area (Å²) >= 11 is 0. The Labute approximate surface area is 127 Å². The third-order valence-electron chi connectivity index (χ3n) is 3.75. The number of amides is 2. The van der Waals surface area contributed by atoms with Crippen LogP contribution in [-0.4, -0.2) is 33.8 Å². The SMILES string of the molecule is O=C(N1CCCC1)N(O)c1ccc(-n2ccccc2=O)cc1. The van der Waals surface area contributed by atoms with Crippen molar-refractivity contribution in [2.75, 3.05) is 18.2 Å². The zero-order valence-electron chi connectivity index (χ0n) is 12.1. The van der Waals surface area contributed by atoms with Crippen LogP contribution < -0.4 is 10.6 Å². The molecule has 1 aliphatic heterocycles. The minimum atomic E-state index is -0.415. The number of hydroxylamine groups is 1. The number of aromatic nitrogens is 1. The van der Waals surface area contributed by atoms with Crippen molar-refractivity contribution in [1.29, 1.82) is 0 Å². The Hall–Kier alpha value is -2.60. The number of hydrogen-bond acceptors (Lipinski definition) is 3. The predicted molar refractivity (Wildman–Crippen MR) is 82.5 cm³/mol. The quantitative estimate of drug-likeness (QED) is 0.683. The lowest BCUT2D eigenvalue weighted by Crippen LogP contribution is -2.39. The maximum atomic E-state index is 12.1. The lowest BCUT2D eigenvalue weighted by Gasteiger charge is -2.22. The summed E-state index contributed by atoms with van der Waals surface area (Å²) in [5, 5.41) is 10.7. The normalized spacial score (nSPS) is 14.1. The molecule has 0 spiro atoms. The lowest BCUT2D eigenvalue weighted by molar-refractivity contribution is 0.175. The summed E-state index contributed by atoms with van der Waals surface area (Å²) in [6, 6.07) is 11.1. The van der Waals surface area contributed by atoms with Crippen molar-refractivity contribution >= 4 is 11.7 Å². The summed E-state index contributed by atoms with van der Waals surface area (Å²) in [4.78, 5) is 25.5. The van der Waals surface area contributed by atoms with E-state index in [9.17, 15) is 14.8 Å². The highest BCUT2D eigenvalue weighted by Crippen LogP contribution is 2.18. The number of rotatable bonds is 2. The molecule has 0 saturated carbocycles. The molecule has 0 radical (unpaired) electrons. The van der Waals surface area contributed by atoms with Gasteiger partial charge < -0.3 is 4.90 Å². The van der Waals surface area contributed by atoms with E-state index in [0.717, 1.165) is 12.8 Å². The summed E-state index contributed by atoms with van der Waals surface area (Å²) in [5.74, 6) is 0. The van der Waals surface area contributed by atoms with Gasteiger partial charge in [0.2, 0.25) is 0 Å². The molecule has 0 atom stereocenters. The van der Waals surface area contributed by atoms with E-state index in [-0.39, 0.29) is 5.56 Å². The number of carbonyl (C=O) groups is 1. The van der Waals surface area contributed by atoms with Crippen molar-refractivity contribution < 1.29 is 10.0 Å². The molecule has 0 aliphatic carbocycles. The molecule has 114 valence electrons. The molecular weight excluding hydrogens is 282 g/mol. The Morgan fingerprint density at radius 1 is 1.05 bits per heavy atom. The van der Waals surface area contributed by atoms with E-state index < -0.39 is 6.03 Å². The number of pyridine rings is 1. The molecule has 6 heteroatoms. The van der Waals surface area contributed by atoms with Gasteiger partial charge in [0.15, 0.2) is 0 Å². The van der Waals surface area contributed by atoms with Gasteiger partial charge in [-0.1, -0.05) is 6.07 Å². The molecule has 3 rings (SSSR count). The monoisotopic (exact) mass is 299 g/mol. The van der Waals surface area contributed by atoms with Gasteiger partial charge in [-0.15, -0.1) is 0 Å². The molecule has 2 amide bonds. The van der Waals surface area contributed by atoms with Crippen LogP contribution in [0.3, 0.4) is 0 Å². The molecule has 0 unspecified atom stereocenters. The van der Waals surface area contributed by atoms with Gasteiger partial charge >= 0.3 is 6.03 Å². The number of likely N-dealkylation sites (tertiary alicyclic amines) is 1. The van der Waals surface area contributed by atoms with Gasteiger partial charge in [0, 0.05) is 31.0 Å². The minimum Gasteiger partial charge on any atom is -0.323 e. The predicted octanol–water partition coefficient (Wildman–Crippen LogP) is 2.25. The molecule has 1 saturated heterocycles. The molecule has 6 nitrogen and oxygen atoms in total. The van der Waals surface area contributed by atoms with E-state index in [4.69, 9.17) is 0 Å². The van der Waals surface area contributed by atoms with Crippen LogP contribution in [0.15, 0.2) is 53.5 Å². The first-order valence-electron chi connectivity index (χ1n) is 7.23. The highest BCUT2D eigenvalue weighted by Gasteiger charge is 2.23. The second kappa shape index (κ2) is 6.03. The average Bonchev–Trinajstić information content (AvgIpc) is 3.09. The zero-order valence-corrected chi connectivity index (χ0v) is 12.1. The second-order valence-corrected chi connectivity index (χ2v) is 5.21. The van der Waals surface area contributed by atoms with Crippen LogP contribution in [0.25, 0.3) is 5.69 Å². The molecule has 1 aromatic carbocycles. The summed E-state index contributed by atoms with van der Waals surface area (Å²) in [6.07, 6.45) is 3.61. The van der Waals surface area contributed by atoms with Crippen LogP contribution in [-0.2, 0) is 0 Å². The Morgan fingerprint density at radius 2 is 1.73 bits per heavy atom. The van der Waals surface area contributed by atoms with E-state index in [1.54, 1.807) is 47.5 Å². The van der Waals surface area contributed by atoms with E-state index in [0.29, 0.717) is 29.5 Å². The average molecular weight is 299 g/mol. The van der Waals surface area contributed by atoms with E-state index in [1.165, 1.54) is 10.6 Å². The fraction of sp³-hybridized carbons (Fsp3) is 0.250. The number of anilines is 1. The van der Waals surface area contributed by atoms with Crippen LogP contribution in [0.5, 0.6) is 0 Å².